The van der Waals surface area contributed by atoms with Crippen LogP contribution in [0.5, 0.6) is 5.75 Å². The average molecular weight is 300 g/mol. The molecule has 0 saturated carbocycles. The summed E-state index contributed by atoms with van der Waals surface area (Å²) in [4.78, 5) is 0. The van der Waals surface area contributed by atoms with E-state index in [-0.39, 0.29) is 23.6 Å². The first kappa shape index (κ1) is 15.9. The highest BCUT2D eigenvalue weighted by molar-refractivity contribution is 6.17. The van der Waals surface area contributed by atoms with Crippen molar-refractivity contribution in [3.8, 4) is 5.75 Å². The van der Waals surface area contributed by atoms with E-state index in [1.54, 1.807) is 0 Å². The van der Waals surface area contributed by atoms with Gasteiger partial charge in [-0.15, -0.1) is 24.8 Å². The summed E-state index contributed by atoms with van der Waals surface area (Å²) < 4.78 is 39.8. The summed E-state index contributed by atoms with van der Waals surface area (Å²) in [7, 11) is 0. The maximum atomic E-state index is 12.0. The van der Waals surface area contributed by atoms with Crippen LogP contribution in [0.2, 0.25) is 0 Å². The van der Waals surface area contributed by atoms with Gasteiger partial charge in [-0.05, 0) is 24.1 Å². The van der Waals surface area contributed by atoms with Gasteiger partial charge in [0.1, 0.15) is 6.10 Å². The van der Waals surface area contributed by atoms with Crippen molar-refractivity contribution in [1.29, 1.82) is 0 Å². The molecule has 1 aromatic carbocycles. The molecule has 0 aliphatic carbocycles. The largest absolute Gasteiger partial charge is 0.573 e. The Bertz CT molecular complexity index is 428. The van der Waals surface area contributed by atoms with Crippen molar-refractivity contribution in [1.82, 2.24) is 0 Å². The van der Waals surface area contributed by atoms with E-state index in [0.29, 0.717) is 0 Å². The molecule has 8 heteroatoms. The van der Waals surface area contributed by atoms with E-state index in [9.17, 15) is 23.4 Å². The zero-order chi connectivity index (χ0) is 14.6. The summed E-state index contributed by atoms with van der Waals surface area (Å²) in [6.45, 7) is 0. The lowest BCUT2D eigenvalue weighted by Gasteiger charge is -2.18. The van der Waals surface area contributed by atoms with Crippen LogP contribution >= 0.6 is 11.6 Å². The van der Waals surface area contributed by atoms with E-state index in [1.165, 1.54) is 6.07 Å². The summed E-state index contributed by atoms with van der Waals surface area (Å²) >= 11 is 5.42. The quantitative estimate of drug-likeness (QED) is 0.575. The smallest absolute Gasteiger partial charge is 0.404 e. The van der Waals surface area contributed by atoms with Crippen molar-refractivity contribution < 1.29 is 28.1 Å². The number of benzene rings is 1. The lowest BCUT2D eigenvalue weighted by molar-refractivity contribution is -0.274. The number of ether oxygens (including phenoxy) is 1. The fourth-order valence-corrected chi connectivity index (χ4v) is 1.68. The molecule has 0 aliphatic heterocycles. The van der Waals surface area contributed by atoms with Gasteiger partial charge < -0.3 is 20.7 Å². The molecule has 0 bridgehead atoms. The van der Waals surface area contributed by atoms with Gasteiger partial charge >= 0.3 is 6.36 Å². The molecule has 108 valence electrons. The molecule has 0 fully saturated rings. The molecule has 19 heavy (non-hydrogen) atoms. The van der Waals surface area contributed by atoms with Gasteiger partial charge in [-0.25, -0.2) is 0 Å². The van der Waals surface area contributed by atoms with E-state index in [0.717, 1.165) is 12.1 Å². The molecule has 0 radical (unpaired) electrons. The van der Waals surface area contributed by atoms with Gasteiger partial charge in [0.05, 0.1) is 11.8 Å². The molecule has 0 aliphatic rings. The molecular formula is C11H13ClF3NO3. The van der Waals surface area contributed by atoms with Crippen LogP contribution in [-0.4, -0.2) is 28.6 Å². The second-order valence-corrected chi connectivity index (χ2v) is 4.21. The molecule has 1 aromatic rings. The normalized spacial score (nSPS) is 15.1. The van der Waals surface area contributed by atoms with Crippen molar-refractivity contribution in [3.63, 3.8) is 0 Å². The highest BCUT2D eigenvalue weighted by Gasteiger charge is 2.32. The number of nitrogens with two attached hydrogens (primary N) is 1. The molecule has 0 heterocycles. The van der Waals surface area contributed by atoms with Gasteiger partial charge in [-0.1, -0.05) is 6.07 Å². The van der Waals surface area contributed by atoms with Crippen LogP contribution in [0.1, 0.15) is 18.1 Å². The van der Waals surface area contributed by atoms with E-state index in [2.05, 4.69) is 4.74 Å². The van der Waals surface area contributed by atoms with Crippen molar-refractivity contribution >= 4 is 17.3 Å². The third-order valence-electron chi connectivity index (χ3n) is 2.37. The number of halogens is 4. The fourth-order valence-electron chi connectivity index (χ4n) is 1.46. The standard InChI is InChI=1S/C11H13ClF3NO3/c12-4-3-8(17)10(18)6-1-2-9(7(16)5-6)19-11(13,14)15/h1-2,5,8,10,17-18H,3-4,16H2. The summed E-state index contributed by atoms with van der Waals surface area (Å²) in [6, 6.07) is 3.29. The second-order valence-electron chi connectivity index (χ2n) is 3.83. The minimum absolute atomic E-state index is 0.142. The number of alkyl halides is 4. The van der Waals surface area contributed by atoms with Crippen LogP contribution in [0.15, 0.2) is 18.2 Å². The van der Waals surface area contributed by atoms with Crippen LogP contribution in [0.25, 0.3) is 0 Å². The molecule has 4 N–H and O–H groups in total. The number of rotatable bonds is 5. The highest BCUT2D eigenvalue weighted by atomic mass is 35.5. The fraction of sp³-hybridized carbons (Fsp3) is 0.455. The first-order valence-electron chi connectivity index (χ1n) is 5.32. The maximum absolute atomic E-state index is 12.0. The molecular weight excluding hydrogens is 287 g/mol. The topological polar surface area (TPSA) is 75.7 Å². The lowest BCUT2D eigenvalue weighted by Crippen LogP contribution is -2.20. The minimum atomic E-state index is -4.84. The van der Waals surface area contributed by atoms with Crippen LogP contribution in [0, 0.1) is 0 Å². The molecule has 2 unspecified atom stereocenters. The zero-order valence-corrected chi connectivity index (χ0v) is 10.4. The number of hydrogen-bond acceptors (Lipinski definition) is 4. The first-order chi connectivity index (χ1) is 8.74. The van der Waals surface area contributed by atoms with Crippen molar-refractivity contribution in [3.05, 3.63) is 23.8 Å². The van der Waals surface area contributed by atoms with Gasteiger partial charge in [0.25, 0.3) is 0 Å². The predicted molar refractivity (Wildman–Crippen MR) is 63.8 cm³/mol. The Morgan fingerprint density at radius 3 is 2.42 bits per heavy atom. The Kier molecular flexibility index (Phi) is 5.28. The maximum Gasteiger partial charge on any atom is 0.573 e. The van der Waals surface area contributed by atoms with Gasteiger partial charge in [-0.3, -0.25) is 0 Å². The molecule has 0 amide bonds. The van der Waals surface area contributed by atoms with Gasteiger partial charge in [0.15, 0.2) is 5.75 Å². The first-order valence-corrected chi connectivity index (χ1v) is 5.85. The summed E-state index contributed by atoms with van der Waals surface area (Å²) in [6.07, 6.45) is -7.09. The van der Waals surface area contributed by atoms with E-state index >= 15 is 0 Å². The molecule has 1 rings (SSSR count). The Morgan fingerprint density at radius 2 is 1.95 bits per heavy atom. The van der Waals surface area contributed by atoms with Crippen molar-refractivity contribution in [2.24, 2.45) is 0 Å². The van der Waals surface area contributed by atoms with Crippen LogP contribution in [-0.2, 0) is 0 Å². The van der Waals surface area contributed by atoms with Crippen LogP contribution in [0.3, 0.4) is 0 Å². The van der Waals surface area contributed by atoms with Crippen molar-refractivity contribution in [2.45, 2.75) is 25.0 Å². The van der Waals surface area contributed by atoms with Gasteiger partial charge in [-0.2, -0.15) is 0 Å². The van der Waals surface area contributed by atoms with E-state index in [4.69, 9.17) is 17.3 Å². The van der Waals surface area contributed by atoms with Crippen LogP contribution < -0.4 is 10.5 Å². The predicted octanol–water partition coefficient (Wildman–Crippen LogP) is 2.19. The third kappa shape index (κ3) is 4.77. The summed E-state index contributed by atoms with van der Waals surface area (Å²) in [5.74, 6) is -0.418. The molecule has 0 saturated heterocycles. The third-order valence-corrected chi connectivity index (χ3v) is 2.59. The van der Waals surface area contributed by atoms with E-state index < -0.39 is 24.3 Å². The SMILES string of the molecule is Nc1cc(C(O)C(O)CCCl)ccc1OC(F)(F)F. The summed E-state index contributed by atoms with van der Waals surface area (Å²) in [5, 5.41) is 19.3. The number of anilines is 1. The Balaban J connectivity index is 2.87. The van der Waals surface area contributed by atoms with Gasteiger partial charge in [0.2, 0.25) is 0 Å². The Morgan fingerprint density at radius 1 is 1.32 bits per heavy atom. The monoisotopic (exact) mass is 299 g/mol. The number of nitrogen functional groups attached to an aromatic ring is 1. The van der Waals surface area contributed by atoms with E-state index in [1.807, 2.05) is 0 Å². The number of aliphatic hydroxyl groups excluding tert-OH is 2. The molecule has 4 nitrogen and oxygen atoms in total. The van der Waals surface area contributed by atoms with Crippen LogP contribution in [0.4, 0.5) is 18.9 Å². The zero-order valence-electron chi connectivity index (χ0n) is 9.69. The Labute approximate surface area is 112 Å². The Hall–Kier alpha value is -1.18. The molecule has 0 aromatic heterocycles. The molecule has 2 atom stereocenters. The van der Waals surface area contributed by atoms with Gasteiger partial charge in [0, 0.05) is 5.88 Å². The number of aliphatic hydroxyl groups is 2. The average Bonchev–Trinajstić information content (AvgIpc) is 2.29. The lowest BCUT2D eigenvalue weighted by atomic mass is 10.0. The number of hydrogen-bond donors (Lipinski definition) is 3. The highest BCUT2D eigenvalue weighted by Crippen LogP contribution is 2.31. The summed E-state index contributed by atoms with van der Waals surface area (Å²) in [5.41, 5.74) is 5.30. The second kappa shape index (κ2) is 6.31. The van der Waals surface area contributed by atoms with Crippen molar-refractivity contribution in [2.75, 3.05) is 11.6 Å². The minimum Gasteiger partial charge on any atom is -0.404 e. The molecule has 0 spiro atoms.